The van der Waals surface area contributed by atoms with Crippen molar-refractivity contribution in [3.63, 3.8) is 0 Å². The maximum Gasteiger partial charge on any atom is 0.245 e. The molecule has 1 aliphatic rings. The van der Waals surface area contributed by atoms with Gasteiger partial charge in [0.2, 0.25) is 11.9 Å². The van der Waals surface area contributed by atoms with Gasteiger partial charge >= 0.3 is 0 Å². The van der Waals surface area contributed by atoms with E-state index in [1.807, 2.05) is 12.1 Å². The van der Waals surface area contributed by atoms with Crippen LogP contribution in [0.3, 0.4) is 0 Å². The SMILES string of the molecule is CC1(C)C(=O)Nc2cc(Nc3nc(Nc4ccc5[nH]ncc5c4)ncc3F)ccc2S1(=O)=O. The van der Waals surface area contributed by atoms with Crippen LogP contribution in [0.2, 0.25) is 0 Å². The van der Waals surface area contributed by atoms with Crippen LogP contribution < -0.4 is 16.0 Å². The van der Waals surface area contributed by atoms with Crippen molar-refractivity contribution >= 4 is 55.5 Å². The zero-order chi connectivity index (χ0) is 23.4. The van der Waals surface area contributed by atoms with E-state index in [2.05, 4.69) is 36.1 Å². The molecule has 4 aromatic rings. The second-order valence-electron chi connectivity index (χ2n) is 7.99. The third-order valence-electron chi connectivity index (χ3n) is 5.44. The predicted molar refractivity (Wildman–Crippen MR) is 121 cm³/mol. The first kappa shape index (κ1) is 20.8. The number of rotatable bonds is 4. The molecule has 4 N–H and O–H groups in total. The number of amides is 1. The molecule has 1 aliphatic heterocycles. The number of nitrogens with zero attached hydrogens (tertiary/aromatic N) is 3. The highest BCUT2D eigenvalue weighted by Crippen LogP contribution is 2.38. The Balaban J connectivity index is 1.43. The molecule has 0 radical (unpaired) electrons. The number of nitrogens with one attached hydrogen (secondary N) is 4. The van der Waals surface area contributed by atoms with Crippen molar-refractivity contribution in [1.29, 1.82) is 0 Å². The summed E-state index contributed by atoms with van der Waals surface area (Å²) in [6, 6.07) is 9.74. The molecule has 0 spiro atoms. The molecule has 12 heteroatoms. The molecule has 0 saturated carbocycles. The number of anilines is 5. The summed E-state index contributed by atoms with van der Waals surface area (Å²) in [7, 11) is -3.88. The predicted octanol–water partition coefficient (Wildman–Crippen LogP) is 3.48. The van der Waals surface area contributed by atoms with Gasteiger partial charge < -0.3 is 16.0 Å². The number of sulfone groups is 1. The van der Waals surface area contributed by atoms with Crippen LogP contribution in [-0.2, 0) is 14.6 Å². The zero-order valence-corrected chi connectivity index (χ0v) is 18.3. The Morgan fingerprint density at radius 1 is 1.03 bits per heavy atom. The van der Waals surface area contributed by atoms with Crippen LogP contribution in [0.25, 0.3) is 10.9 Å². The van der Waals surface area contributed by atoms with Gasteiger partial charge in [0.15, 0.2) is 21.5 Å². The topological polar surface area (TPSA) is 142 Å². The third kappa shape index (κ3) is 3.44. The van der Waals surface area contributed by atoms with Crippen LogP contribution >= 0.6 is 0 Å². The van der Waals surface area contributed by atoms with E-state index in [4.69, 9.17) is 0 Å². The van der Waals surface area contributed by atoms with Gasteiger partial charge in [-0.05, 0) is 50.2 Å². The largest absolute Gasteiger partial charge is 0.338 e. The van der Waals surface area contributed by atoms with Crippen LogP contribution in [0.5, 0.6) is 0 Å². The lowest BCUT2D eigenvalue weighted by molar-refractivity contribution is -0.118. The third-order valence-corrected chi connectivity index (χ3v) is 7.90. The Hall–Kier alpha value is -4.06. The van der Waals surface area contributed by atoms with E-state index in [9.17, 15) is 17.6 Å². The van der Waals surface area contributed by atoms with Gasteiger partial charge in [0, 0.05) is 16.8 Å². The molecule has 0 bridgehead atoms. The molecule has 33 heavy (non-hydrogen) atoms. The molecule has 168 valence electrons. The van der Waals surface area contributed by atoms with Crippen LogP contribution in [0.1, 0.15) is 13.8 Å². The molecule has 0 fully saturated rings. The molecular weight excluding hydrogens is 449 g/mol. The molecule has 2 aromatic heterocycles. The Bertz CT molecular complexity index is 1530. The van der Waals surface area contributed by atoms with Gasteiger partial charge in [0.25, 0.3) is 0 Å². The van der Waals surface area contributed by atoms with Crippen molar-refractivity contribution in [2.24, 2.45) is 0 Å². The second kappa shape index (κ2) is 7.24. The van der Waals surface area contributed by atoms with Crippen molar-refractivity contribution in [3.8, 4) is 0 Å². The summed E-state index contributed by atoms with van der Waals surface area (Å²) >= 11 is 0. The van der Waals surface area contributed by atoms with Crippen molar-refractivity contribution in [2.75, 3.05) is 16.0 Å². The van der Waals surface area contributed by atoms with E-state index in [1.165, 1.54) is 32.0 Å². The minimum atomic E-state index is -3.88. The highest BCUT2D eigenvalue weighted by Gasteiger charge is 2.47. The first-order valence-electron chi connectivity index (χ1n) is 9.85. The normalized spacial score (nSPS) is 16.2. The fourth-order valence-corrected chi connectivity index (χ4v) is 4.90. The quantitative estimate of drug-likeness (QED) is 0.357. The van der Waals surface area contributed by atoms with Gasteiger partial charge in [-0.3, -0.25) is 9.89 Å². The van der Waals surface area contributed by atoms with E-state index in [-0.39, 0.29) is 22.3 Å². The van der Waals surface area contributed by atoms with Gasteiger partial charge in [0.1, 0.15) is 4.75 Å². The lowest BCUT2D eigenvalue weighted by Gasteiger charge is -2.30. The summed E-state index contributed by atoms with van der Waals surface area (Å²) in [6.07, 6.45) is 2.69. The standard InChI is InChI=1S/C21H18FN7O3S/c1-21(2)19(30)27-16-8-13(4-6-17(16)33(21,31)32)25-18-14(22)10-23-20(28-18)26-12-3-5-15-11(7-12)9-24-29-15/h3-10H,1-2H3,(H,24,29)(H,27,30)(H2,23,25,26,28). The molecule has 0 unspecified atom stereocenters. The van der Waals surface area contributed by atoms with Crippen LogP contribution in [-0.4, -0.2) is 39.2 Å². The van der Waals surface area contributed by atoms with Gasteiger partial charge in [0.05, 0.1) is 28.5 Å². The summed E-state index contributed by atoms with van der Waals surface area (Å²) in [5.41, 5.74) is 2.01. The highest BCUT2D eigenvalue weighted by molar-refractivity contribution is 7.94. The fraction of sp³-hybridized carbons (Fsp3) is 0.143. The molecule has 1 amide bonds. The van der Waals surface area contributed by atoms with Gasteiger partial charge in [-0.25, -0.2) is 17.8 Å². The molecule has 0 atom stereocenters. The molecule has 3 heterocycles. The summed E-state index contributed by atoms with van der Waals surface area (Å²) in [4.78, 5) is 20.4. The van der Waals surface area contributed by atoms with E-state index < -0.39 is 26.3 Å². The maximum absolute atomic E-state index is 14.4. The van der Waals surface area contributed by atoms with Crippen molar-refractivity contribution < 1.29 is 17.6 Å². The van der Waals surface area contributed by atoms with Crippen LogP contribution in [0.15, 0.2) is 53.7 Å². The minimum Gasteiger partial charge on any atom is -0.338 e. The molecule has 0 aliphatic carbocycles. The molecule has 2 aromatic carbocycles. The lowest BCUT2D eigenvalue weighted by Crippen LogP contribution is -2.48. The first-order chi connectivity index (χ1) is 15.6. The number of fused-ring (bicyclic) bond motifs is 2. The average Bonchev–Trinajstić information content (AvgIpc) is 3.23. The van der Waals surface area contributed by atoms with Gasteiger partial charge in [-0.1, -0.05) is 0 Å². The number of hydrogen-bond donors (Lipinski definition) is 4. The van der Waals surface area contributed by atoms with E-state index in [0.29, 0.717) is 11.4 Å². The molecular formula is C21H18FN7O3S. The lowest BCUT2D eigenvalue weighted by atomic mass is 10.1. The number of aromatic amines is 1. The van der Waals surface area contributed by atoms with Crippen molar-refractivity contribution in [1.82, 2.24) is 20.2 Å². The number of aromatic nitrogens is 4. The number of carbonyl (C=O) groups is 1. The fourth-order valence-electron chi connectivity index (χ4n) is 3.41. The monoisotopic (exact) mass is 467 g/mol. The van der Waals surface area contributed by atoms with Crippen molar-refractivity contribution in [3.05, 3.63) is 54.6 Å². The van der Waals surface area contributed by atoms with E-state index in [1.54, 1.807) is 12.3 Å². The number of benzene rings is 2. The first-order valence-corrected chi connectivity index (χ1v) is 11.3. The summed E-state index contributed by atoms with van der Waals surface area (Å²) in [5.74, 6) is -1.32. The number of hydrogen-bond acceptors (Lipinski definition) is 8. The van der Waals surface area contributed by atoms with E-state index >= 15 is 0 Å². The highest BCUT2D eigenvalue weighted by atomic mass is 32.2. The Labute approximate surface area is 187 Å². The summed E-state index contributed by atoms with van der Waals surface area (Å²) in [6.45, 7) is 2.70. The average molecular weight is 467 g/mol. The molecule has 0 saturated heterocycles. The van der Waals surface area contributed by atoms with E-state index in [0.717, 1.165) is 17.1 Å². The zero-order valence-electron chi connectivity index (χ0n) is 17.5. The molecule has 10 nitrogen and oxygen atoms in total. The van der Waals surface area contributed by atoms with Gasteiger partial charge in [-0.15, -0.1) is 0 Å². The molecule has 5 rings (SSSR count). The Kier molecular flexibility index (Phi) is 4.57. The van der Waals surface area contributed by atoms with Crippen molar-refractivity contribution in [2.45, 2.75) is 23.5 Å². The van der Waals surface area contributed by atoms with Crippen LogP contribution in [0.4, 0.5) is 33.2 Å². The smallest absolute Gasteiger partial charge is 0.245 e. The number of halogens is 1. The number of carbonyl (C=O) groups excluding carboxylic acids is 1. The van der Waals surface area contributed by atoms with Crippen LogP contribution in [0, 0.1) is 5.82 Å². The summed E-state index contributed by atoms with van der Waals surface area (Å²) < 4.78 is 38.3. The Morgan fingerprint density at radius 2 is 1.79 bits per heavy atom. The number of H-pyrrole nitrogens is 1. The maximum atomic E-state index is 14.4. The summed E-state index contributed by atoms with van der Waals surface area (Å²) in [5, 5.41) is 16.1. The van der Waals surface area contributed by atoms with Gasteiger partial charge in [-0.2, -0.15) is 10.1 Å². The minimum absolute atomic E-state index is 0.00203. The Morgan fingerprint density at radius 3 is 2.61 bits per heavy atom. The second-order valence-corrected chi connectivity index (χ2v) is 10.5.